The fourth-order valence-electron chi connectivity index (χ4n) is 1.62. The van der Waals surface area contributed by atoms with Gasteiger partial charge in [-0.1, -0.05) is 6.07 Å². The second kappa shape index (κ2) is 5.48. The summed E-state index contributed by atoms with van der Waals surface area (Å²) in [5, 5.41) is 0. The number of pyridine rings is 1. The first-order chi connectivity index (χ1) is 9.06. The lowest BCUT2D eigenvalue weighted by Crippen LogP contribution is -2.08. The number of aromatic nitrogens is 1. The highest BCUT2D eigenvalue weighted by molar-refractivity contribution is 5.90. The summed E-state index contributed by atoms with van der Waals surface area (Å²) >= 11 is 0. The van der Waals surface area contributed by atoms with Crippen LogP contribution in [-0.4, -0.2) is 11.0 Å². The largest absolute Gasteiger partial charge is 0.456 e. The fraction of sp³-hybridized carbons (Fsp3) is 0.143. The lowest BCUT2D eigenvalue weighted by Gasteiger charge is -2.07. The van der Waals surface area contributed by atoms with Crippen LogP contribution in [0.5, 0.6) is 0 Å². The van der Waals surface area contributed by atoms with Crippen LogP contribution in [0.25, 0.3) is 0 Å². The SMILES string of the molecule is Cc1cccnc1COC(=O)c1cc(N)cc(F)c1. The molecule has 2 aromatic rings. The molecule has 4 nitrogen and oxygen atoms in total. The highest BCUT2D eigenvalue weighted by atomic mass is 19.1. The van der Waals surface area contributed by atoms with E-state index in [4.69, 9.17) is 10.5 Å². The minimum Gasteiger partial charge on any atom is -0.456 e. The number of carbonyl (C=O) groups excluding carboxylic acids is 1. The molecule has 0 unspecified atom stereocenters. The number of rotatable bonds is 3. The van der Waals surface area contributed by atoms with Crippen LogP contribution in [-0.2, 0) is 11.3 Å². The van der Waals surface area contributed by atoms with Crippen molar-refractivity contribution in [2.45, 2.75) is 13.5 Å². The van der Waals surface area contributed by atoms with E-state index in [2.05, 4.69) is 4.98 Å². The van der Waals surface area contributed by atoms with Crippen LogP contribution in [0, 0.1) is 12.7 Å². The van der Waals surface area contributed by atoms with Crippen LogP contribution >= 0.6 is 0 Å². The summed E-state index contributed by atoms with van der Waals surface area (Å²) < 4.78 is 18.2. The molecule has 0 aliphatic rings. The Morgan fingerprint density at radius 3 is 2.89 bits per heavy atom. The zero-order valence-electron chi connectivity index (χ0n) is 10.4. The summed E-state index contributed by atoms with van der Waals surface area (Å²) in [5.41, 5.74) is 7.33. The molecule has 0 fully saturated rings. The number of anilines is 1. The van der Waals surface area contributed by atoms with Crippen LogP contribution in [0.4, 0.5) is 10.1 Å². The fourth-order valence-corrected chi connectivity index (χ4v) is 1.62. The molecule has 1 heterocycles. The number of carbonyl (C=O) groups is 1. The number of aryl methyl sites for hydroxylation is 1. The number of halogens is 1. The van der Waals surface area contributed by atoms with Crippen LogP contribution in [0.15, 0.2) is 36.5 Å². The molecule has 1 aromatic carbocycles. The van der Waals surface area contributed by atoms with Crippen molar-refractivity contribution in [3.63, 3.8) is 0 Å². The van der Waals surface area contributed by atoms with Gasteiger partial charge in [0.25, 0.3) is 0 Å². The van der Waals surface area contributed by atoms with E-state index in [1.165, 1.54) is 6.07 Å². The van der Waals surface area contributed by atoms with E-state index >= 15 is 0 Å². The number of nitrogens with two attached hydrogens (primary N) is 1. The molecular formula is C14H13FN2O2. The van der Waals surface area contributed by atoms with E-state index in [1.807, 2.05) is 13.0 Å². The molecule has 0 saturated heterocycles. The van der Waals surface area contributed by atoms with E-state index in [-0.39, 0.29) is 17.9 Å². The smallest absolute Gasteiger partial charge is 0.338 e. The zero-order chi connectivity index (χ0) is 13.8. The minimum atomic E-state index is -0.628. The van der Waals surface area contributed by atoms with Gasteiger partial charge in [0.2, 0.25) is 0 Å². The van der Waals surface area contributed by atoms with Gasteiger partial charge in [0.05, 0.1) is 11.3 Å². The first-order valence-electron chi connectivity index (χ1n) is 5.70. The van der Waals surface area contributed by atoms with Crippen LogP contribution in [0.2, 0.25) is 0 Å². The van der Waals surface area contributed by atoms with Crippen molar-refractivity contribution < 1.29 is 13.9 Å². The van der Waals surface area contributed by atoms with Gasteiger partial charge in [-0.25, -0.2) is 9.18 Å². The summed E-state index contributed by atoms with van der Waals surface area (Å²) in [4.78, 5) is 15.9. The van der Waals surface area contributed by atoms with Crippen LogP contribution in [0.3, 0.4) is 0 Å². The molecule has 2 rings (SSSR count). The second-order valence-electron chi connectivity index (χ2n) is 4.12. The number of ether oxygens (including phenoxy) is 1. The van der Waals surface area contributed by atoms with Crippen molar-refractivity contribution in [2.75, 3.05) is 5.73 Å². The zero-order valence-corrected chi connectivity index (χ0v) is 10.4. The lowest BCUT2D eigenvalue weighted by molar-refractivity contribution is 0.0466. The monoisotopic (exact) mass is 260 g/mol. The Bertz CT molecular complexity index is 594. The molecule has 19 heavy (non-hydrogen) atoms. The Labute approximate surface area is 110 Å². The average molecular weight is 260 g/mol. The first-order valence-corrected chi connectivity index (χ1v) is 5.70. The van der Waals surface area contributed by atoms with Crippen molar-refractivity contribution in [2.24, 2.45) is 0 Å². The Kier molecular flexibility index (Phi) is 3.75. The van der Waals surface area contributed by atoms with Crippen molar-refractivity contribution in [1.29, 1.82) is 0 Å². The third kappa shape index (κ3) is 3.28. The highest BCUT2D eigenvalue weighted by Crippen LogP contribution is 2.13. The summed E-state index contributed by atoms with van der Waals surface area (Å²) in [6.45, 7) is 1.91. The van der Waals surface area contributed by atoms with Gasteiger partial charge >= 0.3 is 5.97 Å². The van der Waals surface area contributed by atoms with Crippen molar-refractivity contribution in [3.8, 4) is 0 Å². The first kappa shape index (κ1) is 13.0. The number of hydrogen-bond donors (Lipinski definition) is 1. The standard InChI is InChI=1S/C14H13FN2O2/c1-9-3-2-4-17-13(9)8-19-14(18)10-5-11(15)7-12(16)6-10/h2-7H,8,16H2,1H3. The number of nitrogen functional groups attached to an aromatic ring is 1. The number of nitrogens with zero attached hydrogens (tertiary/aromatic N) is 1. The molecule has 0 bridgehead atoms. The lowest BCUT2D eigenvalue weighted by atomic mass is 10.2. The van der Waals surface area contributed by atoms with Gasteiger partial charge in [-0.3, -0.25) is 4.98 Å². The summed E-state index contributed by atoms with van der Waals surface area (Å²) in [6.07, 6.45) is 1.62. The van der Waals surface area contributed by atoms with Gasteiger partial charge in [-0.2, -0.15) is 0 Å². The van der Waals surface area contributed by atoms with Gasteiger partial charge in [-0.05, 0) is 36.8 Å². The summed E-state index contributed by atoms with van der Waals surface area (Å²) in [7, 11) is 0. The molecule has 0 radical (unpaired) electrons. The van der Waals surface area contributed by atoms with Gasteiger partial charge in [0.1, 0.15) is 12.4 Å². The molecule has 0 amide bonds. The predicted octanol–water partition coefficient (Wildman–Crippen LogP) is 2.47. The van der Waals surface area contributed by atoms with E-state index in [0.29, 0.717) is 5.69 Å². The average Bonchev–Trinajstić information content (AvgIpc) is 2.36. The molecule has 0 saturated carbocycles. The molecule has 5 heteroatoms. The third-order valence-corrected chi connectivity index (χ3v) is 2.61. The highest BCUT2D eigenvalue weighted by Gasteiger charge is 2.10. The van der Waals surface area contributed by atoms with Crippen LogP contribution in [0.1, 0.15) is 21.6 Å². The van der Waals surface area contributed by atoms with E-state index < -0.39 is 11.8 Å². The number of esters is 1. The van der Waals surface area contributed by atoms with Gasteiger partial charge in [0.15, 0.2) is 0 Å². The van der Waals surface area contributed by atoms with Crippen molar-refractivity contribution in [1.82, 2.24) is 4.98 Å². The Hall–Kier alpha value is -2.43. The quantitative estimate of drug-likeness (QED) is 0.680. The molecule has 98 valence electrons. The molecule has 0 aliphatic carbocycles. The van der Waals surface area contributed by atoms with Gasteiger partial charge in [-0.15, -0.1) is 0 Å². The summed E-state index contributed by atoms with van der Waals surface area (Å²) in [6, 6.07) is 7.27. The molecule has 0 atom stereocenters. The molecule has 2 N–H and O–H groups in total. The second-order valence-corrected chi connectivity index (χ2v) is 4.12. The maximum absolute atomic E-state index is 13.1. The van der Waals surface area contributed by atoms with Gasteiger partial charge < -0.3 is 10.5 Å². The number of benzene rings is 1. The molecule has 1 aromatic heterocycles. The molecule has 0 aliphatic heterocycles. The third-order valence-electron chi connectivity index (χ3n) is 2.61. The van der Waals surface area contributed by atoms with Crippen LogP contribution < -0.4 is 5.73 Å². The maximum atomic E-state index is 13.1. The normalized spacial score (nSPS) is 10.2. The minimum absolute atomic E-state index is 0.0436. The maximum Gasteiger partial charge on any atom is 0.338 e. The van der Waals surface area contributed by atoms with E-state index in [9.17, 15) is 9.18 Å². The van der Waals surface area contributed by atoms with Gasteiger partial charge in [0, 0.05) is 11.9 Å². The predicted molar refractivity (Wildman–Crippen MR) is 68.9 cm³/mol. The Morgan fingerprint density at radius 2 is 2.21 bits per heavy atom. The Balaban J connectivity index is 2.08. The number of hydrogen-bond acceptors (Lipinski definition) is 4. The topological polar surface area (TPSA) is 65.2 Å². The summed E-state index contributed by atoms with van der Waals surface area (Å²) in [5.74, 6) is -1.20. The van der Waals surface area contributed by atoms with E-state index in [0.717, 1.165) is 17.7 Å². The van der Waals surface area contributed by atoms with Crippen molar-refractivity contribution in [3.05, 3.63) is 59.2 Å². The molecular weight excluding hydrogens is 247 g/mol. The molecule has 0 spiro atoms. The Morgan fingerprint density at radius 1 is 1.42 bits per heavy atom. The van der Waals surface area contributed by atoms with Crippen molar-refractivity contribution >= 4 is 11.7 Å². The van der Waals surface area contributed by atoms with E-state index in [1.54, 1.807) is 12.3 Å².